The maximum absolute atomic E-state index is 13.5. The lowest BCUT2D eigenvalue weighted by molar-refractivity contribution is -0.130. The van der Waals surface area contributed by atoms with Crippen LogP contribution in [0, 0.1) is 5.41 Å². The standard InChI is InChI=1S/C20H22BrN3O3S/c1-19(2)7-5-12(6-8-19)23-16(25)15-10-28-20(24(15)18(23)27)13-9-11(21)3-4-14(13)22-17(20)26/h3-4,9,12,15H,5-8,10H2,1-2H3,(H,22,26)/t15-,20+/m0/s1. The first-order valence-electron chi connectivity index (χ1n) is 9.66. The van der Waals surface area contributed by atoms with Gasteiger partial charge in [-0.25, -0.2) is 4.79 Å². The first-order chi connectivity index (χ1) is 13.2. The maximum atomic E-state index is 13.5. The van der Waals surface area contributed by atoms with Crippen molar-refractivity contribution in [2.45, 2.75) is 56.5 Å². The second-order valence-electron chi connectivity index (χ2n) is 8.87. The highest BCUT2D eigenvalue weighted by Gasteiger charge is 2.66. The molecule has 0 radical (unpaired) electrons. The molecule has 4 aliphatic rings. The number of halogens is 1. The van der Waals surface area contributed by atoms with Crippen molar-refractivity contribution >= 4 is 51.2 Å². The lowest BCUT2D eigenvalue weighted by Gasteiger charge is -2.38. The van der Waals surface area contributed by atoms with E-state index in [4.69, 9.17) is 0 Å². The Bertz CT molecular complexity index is 910. The first kappa shape index (κ1) is 18.5. The van der Waals surface area contributed by atoms with E-state index in [0.717, 1.165) is 35.7 Å². The van der Waals surface area contributed by atoms with Crippen molar-refractivity contribution in [3.8, 4) is 0 Å². The van der Waals surface area contributed by atoms with Crippen LogP contribution in [0.25, 0.3) is 0 Å². The van der Waals surface area contributed by atoms with Crippen molar-refractivity contribution in [3.63, 3.8) is 0 Å². The van der Waals surface area contributed by atoms with Gasteiger partial charge in [-0.1, -0.05) is 29.8 Å². The number of benzene rings is 1. The van der Waals surface area contributed by atoms with E-state index < -0.39 is 10.9 Å². The molecular weight excluding hydrogens is 442 g/mol. The largest absolute Gasteiger partial charge is 0.329 e. The molecule has 1 aromatic rings. The van der Waals surface area contributed by atoms with Crippen molar-refractivity contribution < 1.29 is 14.4 Å². The number of carbonyl (C=O) groups excluding carboxylic acids is 3. The molecule has 6 nitrogen and oxygen atoms in total. The van der Waals surface area contributed by atoms with Crippen LogP contribution >= 0.6 is 27.7 Å². The van der Waals surface area contributed by atoms with Crippen molar-refractivity contribution in [1.82, 2.24) is 9.80 Å². The van der Waals surface area contributed by atoms with E-state index in [9.17, 15) is 14.4 Å². The number of hydrogen-bond donors (Lipinski definition) is 1. The minimum atomic E-state index is -1.15. The summed E-state index contributed by atoms with van der Waals surface area (Å²) in [4.78, 5) is 41.6. The fourth-order valence-corrected chi connectivity index (χ4v) is 6.88. The zero-order chi connectivity index (χ0) is 19.8. The van der Waals surface area contributed by atoms with Gasteiger partial charge in [0.05, 0.1) is 0 Å². The van der Waals surface area contributed by atoms with Gasteiger partial charge in [0, 0.05) is 27.5 Å². The number of imide groups is 1. The van der Waals surface area contributed by atoms with E-state index in [-0.39, 0.29) is 29.3 Å². The van der Waals surface area contributed by atoms with Crippen LogP contribution in [-0.4, -0.2) is 45.5 Å². The van der Waals surface area contributed by atoms with Crippen molar-refractivity contribution in [2.75, 3.05) is 11.1 Å². The topological polar surface area (TPSA) is 69.7 Å². The fourth-order valence-electron chi connectivity index (χ4n) is 4.98. The SMILES string of the molecule is CC1(C)CCC(N2C(=O)[C@@H]3CS[C@]4(C(=O)Nc5ccc(Br)cc54)N3C2=O)CC1. The van der Waals surface area contributed by atoms with E-state index in [1.54, 1.807) is 4.90 Å². The summed E-state index contributed by atoms with van der Waals surface area (Å²) in [5, 5.41) is 2.91. The monoisotopic (exact) mass is 463 g/mol. The normalized spacial score (nSPS) is 31.5. The highest BCUT2D eigenvalue weighted by atomic mass is 79.9. The Morgan fingerprint density at radius 3 is 2.61 bits per heavy atom. The Balaban J connectivity index is 1.52. The van der Waals surface area contributed by atoms with Crippen LogP contribution < -0.4 is 5.32 Å². The third kappa shape index (κ3) is 2.36. The number of amides is 4. The average molecular weight is 464 g/mol. The molecule has 8 heteroatoms. The maximum Gasteiger partial charge on any atom is 0.329 e. The molecular formula is C20H22BrN3O3S. The summed E-state index contributed by atoms with van der Waals surface area (Å²) in [5.74, 6) is 0.0646. The van der Waals surface area contributed by atoms with Gasteiger partial charge in [-0.15, -0.1) is 11.8 Å². The molecule has 1 aliphatic carbocycles. The number of hydrogen-bond acceptors (Lipinski definition) is 4. The molecule has 0 aromatic heterocycles. The fraction of sp³-hybridized carbons (Fsp3) is 0.550. The van der Waals surface area contributed by atoms with Gasteiger partial charge in [0.1, 0.15) is 6.04 Å². The van der Waals surface area contributed by atoms with Crippen LogP contribution in [-0.2, 0) is 14.5 Å². The molecule has 4 amide bonds. The minimum Gasteiger partial charge on any atom is -0.323 e. The third-order valence-corrected chi connectivity index (χ3v) is 8.61. The molecule has 2 saturated heterocycles. The van der Waals surface area contributed by atoms with Gasteiger partial charge in [0.25, 0.3) is 11.8 Å². The highest BCUT2D eigenvalue weighted by molar-refractivity contribution is 9.10. The molecule has 0 unspecified atom stereocenters. The highest BCUT2D eigenvalue weighted by Crippen LogP contribution is 2.56. The molecule has 1 saturated carbocycles. The van der Waals surface area contributed by atoms with E-state index in [1.165, 1.54) is 16.7 Å². The van der Waals surface area contributed by atoms with Gasteiger partial charge in [0.2, 0.25) is 0 Å². The molecule has 5 rings (SSSR count). The van der Waals surface area contributed by atoms with Gasteiger partial charge in [-0.3, -0.25) is 19.4 Å². The number of nitrogens with zero attached hydrogens (tertiary/aromatic N) is 2. The molecule has 3 heterocycles. The van der Waals surface area contributed by atoms with E-state index in [0.29, 0.717) is 11.4 Å². The quantitative estimate of drug-likeness (QED) is 0.641. The number of rotatable bonds is 1. The Morgan fingerprint density at radius 1 is 1.18 bits per heavy atom. The lowest BCUT2D eigenvalue weighted by atomic mass is 9.75. The number of anilines is 1. The van der Waals surface area contributed by atoms with Crippen LogP contribution in [0.4, 0.5) is 10.5 Å². The van der Waals surface area contributed by atoms with Crippen LogP contribution in [0.15, 0.2) is 22.7 Å². The summed E-state index contributed by atoms with van der Waals surface area (Å²) in [6.07, 6.45) is 3.66. The smallest absolute Gasteiger partial charge is 0.323 e. The van der Waals surface area contributed by atoms with E-state index in [2.05, 4.69) is 35.1 Å². The summed E-state index contributed by atoms with van der Waals surface area (Å²) in [6, 6.07) is 4.64. The summed E-state index contributed by atoms with van der Waals surface area (Å²) in [7, 11) is 0. The Hall–Kier alpha value is -1.54. The van der Waals surface area contributed by atoms with Crippen LogP contribution in [0.3, 0.4) is 0 Å². The number of fused-ring (bicyclic) bond motifs is 4. The molecule has 1 spiro atoms. The second-order valence-corrected chi connectivity index (χ2v) is 11.0. The number of nitrogens with one attached hydrogen (secondary N) is 1. The summed E-state index contributed by atoms with van der Waals surface area (Å²) < 4.78 is 0.843. The molecule has 2 atom stereocenters. The van der Waals surface area contributed by atoms with Gasteiger partial charge >= 0.3 is 6.03 Å². The summed E-state index contributed by atoms with van der Waals surface area (Å²) in [6.45, 7) is 4.47. The van der Waals surface area contributed by atoms with Crippen LogP contribution in [0.1, 0.15) is 45.1 Å². The summed E-state index contributed by atoms with van der Waals surface area (Å²) in [5.41, 5.74) is 1.72. The van der Waals surface area contributed by atoms with Crippen molar-refractivity contribution in [2.24, 2.45) is 5.41 Å². The Morgan fingerprint density at radius 2 is 1.89 bits per heavy atom. The molecule has 3 fully saturated rings. The third-order valence-electron chi connectivity index (χ3n) is 6.61. The summed E-state index contributed by atoms with van der Waals surface area (Å²) >= 11 is 4.86. The van der Waals surface area contributed by atoms with Crippen molar-refractivity contribution in [3.05, 3.63) is 28.2 Å². The van der Waals surface area contributed by atoms with E-state index in [1.807, 2.05) is 18.2 Å². The van der Waals surface area contributed by atoms with Gasteiger partial charge in [-0.05, 0) is 49.3 Å². The van der Waals surface area contributed by atoms with E-state index >= 15 is 0 Å². The predicted molar refractivity (Wildman–Crippen MR) is 111 cm³/mol. The Labute approximate surface area is 176 Å². The molecule has 0 bridgehead atoms. The molecule has 28 heavy (non-hydrogen) atoms. The molecule has 1 aromatic carbocycles. The zero-order valence-electron chi connectivity index (χ0n) is 15.8. The number of urea groups is 1. The number of thioether (sulfide) groups is 1. The molecule has 148 valence electrons. The van der Waals surface area contributed by atoms with Gasteiger partial charge in [-0.2, -0.15) is 0 Å². The van der Waals surface area contributed by atoms with Gasteiger partial charge < -0.3 is 5.32 Å². The van der Waals surface area contributed by atoms with Crippen LogP contribution in [0.5, 0.6) is 0 Å². The predicted octanol–water partition coefficient (Wildman–Crippen LogP) is 3.90. The second kappa shape index (κ2) is 5.98. The Kier molecular flexibility index (Phi) is 3.95. The number of carbonyl (C=O) groups is 3. The van der Waals surface area contributed by atoms with Crippen LogP contribution in [0.2, 0.25) is 0 Å². The van der Waals surface area contributed by atoms with Crippen molar-refractivity contribution in [1.29, 1.82) is 0 Å². The first-order valence-corrected chi connectivity index (χ1v) is 11.4. The average Bonchev–Trinajstić information content (AvgIpc) is 3.24. The molecule has 3 aliphatic heterocycles. The van der Waals surface area contributed by atoms with Gasteiger partial charge in [0.15, 0.2) is 4.87 Å². The lowest BCUT2D eigenvalue weighted by Crippen LogP contribution is -2.50. The molecule has 1 N–H and O–H groups in total. The zero-order valence-corrected chi connectivity index (χ0v) is 18.2. The minimum absolute atomic E-state index is 0.0629.